The zero-order valence-corrected chi connectivity index (χ0v) is 18.8. The van der Waals surface area contributed by atoms with E-state index >= 15 is 0 Å². The molecule has 0 aliphatic carbocycles. The second-order valence-electron chi connectivity index (χ2n) is 8.48. The van der Waals surface area contributed by atoms with Gasteiger partial charge in [0.2, 0.25) is 17.8 Å². The van der Waals surface area contributed by atoms with Crippen molar-refractivity contribution in [3.05, 3.63) is 41.7 Å². The van der Waals surface area contributed by atoms with E-state index in [2.05, 4.69) is 15.3 Å². The van der Waals surface area contributed by atoms with Gasteiger partial charge < -0.3 is 16.0 Å². The van der Waals surface area contributed by atoms with Gasteiger partial charge in [-0.25, -0.2) is 14.8 Å². The van der Waals surface area contributed by atoms with Gasteiger partial charge in [-0.15, -0.1) is 0 Å². The fourth-order valence-electron chi connectivity index (χ4n) is 4.46. The molecule has 35 heavy (non-hydrogen) atoms. The number of nitrogens with one attached hydrogen (secondary N) is 1. The Labute approximate surface area is 199 Å². The lowest BCUT2D eigenvalue weighted by molar-refractivity contribution is -0.138. The van der Waals surface area contributed by atoms with Crippen LogP contribution in [0.5, 0.6) is 0 Å². The molecule has 4 rings (SSSR count). The van der Waals surface area contributed by atoms with Crippen LogP contribution in [0, 0.1) is 0 Å². The molecule has 1 aromatic heterocycles. The van der Waals surface area contributed by atoms with E-state index in [4.69, 9.17) is 5.73 Å². The second kappa shape index (κ2) is 9.88. The van der Waals surface area contributed by atoms with E-state index in [9.17, 15) is 27.6 Å². The molecular weight excluding hydrogens is 465 g/mol. The molecule has 0 spiro atoms. The van der Waals surface area contributed by atoms with Crippen molar-refractivity contribution in [2.75, 3.05) is 25.4 Å². The number of hydrogen-bond donors (Lipinski definition) is 2. The summed E-state index contributed by atoms with van der Waals surface area (Å²) in [6.45, 7) is 0.623. The highest BCUT2D eigenvalue weighted by Gasteiger charge is 2.34. The first-order valence-corrected chi connectivity index (χ1v) is 11.3. The van der Waals surface area contributed by atoms with Crippen molar-refractivity contribution in [1.82, 2.24) is 25.1 Å². The summed E-state index contributed by atoms with van der Waals surface area (Å²) in [6.07, 6.45) is -0.978. The Morgan fingerprint density at radius 1 is 1.23 bits per heavy atom. The van der Waals surface area contributed by atoms with E-state index in [1.54, 1.807) is 4.90 Å². The average Bonchev–Trinajstić information content (AvgIpc) is 2.83. The molecule has 4 amide bonds. The molecule has 186 valence electrons. The number of anilines is 1. The number of hydrogen-bond acceptors (Lipinski definition) is 6. The Bertz CT molecular complexity index is 1120. The summed E-state index contributed by atoms with van der Waals surface area (Å²) in [7, 11) is 0. The predicted octanol–water partition coefficient (Wildman–Crippen LogP) is 3.13. The van der Waals surface area contributed by atoms with Crippen molar-refractivity contribution in [3.8, 4) is 11.1 Å². The van der Waals surface area contributed by atoms with E-state index in [0.717, 1.165) is 29.9 Å². The van der Waals surface area contributed by atoms with E-state index in [1.165, 1.54) is 18.3 Å². The number of alkyl halides is 3. The van der Waals surface area contributed by atoms with Crippen molar-refractivity contribution in [2.24, 2.45) is 0 Å². The van der Waals surface area contributed by atoms with Crippen molar-refractivity contribution in [3.63, 3.8) is 0 Å². The Kier molecular flexibility index (Phi) is 6.90. The zero-order valence-electron chi connectivity index (χ0n) is 18.8. The number of nitrogens with zero attached hydrogens (tertiary/aromatic N) is 4. The predicted molar refractivity (Wildman–Crippen MR) is 120 cm³/mol. The standard InChI is InChI=1S/C23H25F3N6O3/c24-23(25,26)15-5-3-4-14(12-15)16-13-29-21(27)30-20(16)17-6-1-2-10-31(17)19(34)8-11-32-18(33)7-9-28-22(32)35/h3-5,12-13,17H,1-2,6-11H2,(H,28,35)(H2,27,29,30). The number of halogens is 3. The average molecular weight is 490 g/mol. The van der Waals surface area contributed by atoms with Crippen LogP contribution in [0.3, 0.4) is 0 Å². The number of aromatic nitrogens is 2. The number of urea groups is 1. The molecule has 9 nitrogen and oxygen atoms in total. The molecule has 2 aliphatic rings. The minimum absolute atomic E-state index is 0.0516. The number of nitrogen functional groups attached to an aromatic ring is 1. The molecule has 2 aliphatic heterocycles. The maximum Gasteiger partial charge on any atom is 0.416 e. The summed E-state index contributed by atoms with van der Waals surface area (Å²) in [5.41, 5.74) is 6.02. The molecule has 0 bridgehead atoms. The fraction of sp³-hybridized carbons (Fsp3) is 0.435. The molecule has 12 heteroatoms. The molecule has 0 radical (unpaired) electrons. The van der Waals surface area contributed by atoms with Gasteiger partial charge in [0, 0.05) is 44.2 Å². The molecule has 2 aromatic rings. The first-order chi connectivity index (χ1) is 16.6. The maximum atomic E-state index is 13.3. The highest BCUT2D eigenvalue weighted by atomic mass is 19.4. The third kappa shape index (κ3) is 5.36. The van der Waals surface area contributed by atoms with Crippen molar-refractivity contribution in [1.29, 1.82) is 0 Å². The SMILES string of the molecule is Nc1ncc(-c2cccc(C(F)(F)F)c2)c(C2CCCCN2C(=O)CCN2C(=O)CCNC2=O)n1. The Hall–Kier alpha value is -3.70. The number of piperidine rings is 1. The second-order valence-corrected chi connectivity index (χ2v) is 8.48. The van der Waals surface area contributed by atoms with E-state index in [-0.39, 0.29) is 49.3 Å². The van der Waals surface area contributed by atoms with E-state index < -0.39 is 23.8 Å². The van der Waals surface area contributed by atoms with Crippen LogP contribution in [-0.2, 0) is 15.8 Å². The minimum Gasteiger partial charge on any atom is -0.368 e. The summed E-state index contributed by atoms with van der Waals surface area (Å²) in [4.78, 5) is 48.2. The normalized spacial score (nSPS) is 19.0. The quantitative estimate of drug-likeness (QED) is 0.664. The molecular formula is C23H25F3N6O3. The third-order valence-electron chi connectivity index (χ3n) is 6.19. The molecule has 3 heterocycles. The van der Waals surface area contributed by atoms with Crippen LogP contribution in [0.25, 0.3) is 11.1 Å². The topological polar surface area (TPSA) is 122 Å². The van der Waals surface area contributed by atoms with Crippen molar-refractivity contribution >= 4 is 23.8 Å². The smallest absolute Gasteiger partial charge is 0.368 e. The lowest BCUT2D eigenvalue weighted by atomic mass is 9.93. The number of amides is 4. The number of likely N-dealkylation sites (tertiary alicyclic amines) is 1. The first-order valence-electron chi connectivity index (χ1n) is 11.3. The molecule has 2 fully saturated rings. The number of nitrogens with two attached hydrogens (primary N) is 1. The van der Waals surface area contributed by atoms with Gasteiger partial charge in [-0.3, -0.25) is 14.5 Å². The third-order valence-corrected chi connectivity index (χ3v) is 6.19. The molecule has 0 saturated carbocycles. The molecule has 2 saturated heterocycles. The summed E-state index contributed by atoms with van der Waals surface area (Å²) >= 11 is 0. The number of imide groups is 1. The van der Waals surface area contributed by atoms with Crippen LogP contribution < -0.4 is 11.1 Å². The summed E-state index contributed by atoms with van der Waals surface area (Å²) in [5.74, 6) is -0.676. The monoisotopic (exact) mass is 490 g/mol. The number of benzene rings is 1. The van der Waals surface area contributed by atoms with E-state index in [0.29, 0.717) is 24.2 Å². The lowest BCUT2D eigenvalue weighted by Crippen LogP contribution is -2.51. The van der Waals surface area contributed by atoms with Crippen LogP contribution in [-0.4, -0.2) is 57.2 Å². The van der Waals surface area contributed by atoms with Gasteiger partial charge in [0.25, 0.3) is 0 Å². The van der Waals surface area contributed by atoms with Crippen LogP contribution >= 0.6 is 0 Å². The lowest BCUT2D eigenvalue weighted by Gasteiger charge is -2.37. The largest absolute Gasteiger partial charge is 0.416 e. The zero-order chi connectivity index (χ0) is 25.2. The first kappa shape index (κ1) is 24.4. The fourth-order valence-corrected chi connectivity index (χ4v) is 4.46. The van der Waals surface area contributed by atoms with Gasteiger partial charge in [-0.1, -0.05) is 12.1 Å². The van der Waals surface area contributed by atoms with Gasteiger partial charge in [0.15, 0.2) is 0 Å². The molecule has 1 unspecified atom stereocenters. The summed E-state index contributed by atoms with van der Waals surface area (Å²) in [5, 5.41) is 2.58. The number of rotatable bonds is 5. The number of carbonyl (C=O) groups is 3. The van der Waals surface area contributed by atoms with Gasteiger partial charge in [0.05, 0.1) is 17.3 Å². The van der Waals surface area contributed by atoms with Crippen LogP contribution in [0.15, 0.2) is 30.5 Å². The summed E-state index contributed by atoms with van der Waals surface area (Å²) < 4.78 is 39.9. The van der Waals surface area contributed by atoms with Crippen molar-refractivity contribution < 1.29 is 27.6 Å². The summed E-state index contributed by atoms with van der Waals surface area (Å²) in [6, 6.07) is 3.78. The van der Waals surface area contributed by atoms with E-state index in [1.807, 2.05) is 0 Å². The molecule has 3 N–H and O–H groups in total. The Balaban J connectivity index is 1.62. The Morgan fingerprint density at radius 2 is 2.03 bits per heavy atom. The highest BCUT2D eigenvalue weighted by Crippen LogP contribution is 2.38. The van der Waals surface area contributed by atoms with Crippen LogP contribution in [0.2, 0.25) is 0 Å². The van der Waals surface area contributed by atoms with Gasteiger partial charge in [-0.05, 0) is 37.0 Å². The van der Waals surface area contributed by atoms with Gasteiger partial charge in [-0.2, -0.15) is 13.2 Å². The molecule has 1 aromatic carbocycles. The Morgan fingerprint density at radius 3 is 2.77 bits per heavy atom. The van der Waals surface area contributed by atoms with Crippen LogP contribution in [0.4, 0.5) is 23.9 Å². The van der Waals surface area contributed by atoms with Gasteiger partial charge >= 0.3 is 12.2 Å². The highest BCUT2D eigenvalue weighted by molar-refractivity contribution is 5.97. The van der Waals surface area contributed by atoms with Crippen molar-refractivity contribution in [2.45, 2.75) is 44.3 Å². The number of carbonyl (C=O) groups excluding carboxylic acids is 3. The van der Waals surface area contributed by atoms with Crippen LogP contribution in [0.1, 0.15) is 49.4 Å². The van der Waals surface area contributed by atoms with Gasteiger partial charge in [0.1, 0.15) is 0 Å². The molecule has 1 atom stereocenters. The minimum atomic E-state index is -4.52. The maximum absolute atomic E-state index is 13.3.